The molecule has 45 heavy (non-hydrogen) atoms. The molecule has 5 aromatic carbocycles. The predicted molar refractivity (Wildman–Crippen MR) is 185 cm³/mol. The van der Waals surface area contributed by atoms with Gasteiger partial charge >= 0.3 is 0 Å². The van der Waals surface area contributed by atoms with E-state index in [0.29, 0.717) is 17.5 Å². The van der Waals surface area contributed by atoms with Crippen LogP contribution in [0.15, 0.2) is 120 Å². The summed E-state index contributed by atoms with van der Waals surface area (Å²) in [5, 5.41) is 3.61. The number of para-hydroxylation sites is 1. The van der Waals surface area contributed by atoms with E-state index in [1.54, 1.807) is 0 Å². The lowest BCUT2D eigenvalue weighted by Crippen LogP contribution is -2.00. The van der Waals surface area contributed by atoms with Gasteiger partial charge in [0, 0.05) is 42.6 Å². The molecule has 8 aromatic rings. The van der Waals surface area contributed by atoms with E-state index < -0.39 is 0 Å². The van der Waals surface area contributed by atoms with Crippen molar-refractivity contribution in [2.24, 2.45) is 0 Å². The highest BCUT2D eigenvalue weighted by Crippen LogP contribution is 2.44. The van der Waals surface area contributed by atoms with E-state index in [9.17, 15) is 0 Å². The minimum Gasteiger partial charge on any atom is -0.456 e. The van der Waals surface area contributed by atoms with E-state index in [1.807, 2.05) is 59.9 Å². The molecule has 0 N–H and O–H groups in total. The van der Waals surface area contributed by atoms with Gasteiger partial charge < -0.3 is 4.42 Å². The van der Waals surface area contributed by atoms with Gasteiger partial charge in [0.1, 0.15) is 11.2 Å². The largest absolute Gasteiger partial charge is 0.456 e. The number of aromatic nitrogens is 3. The van der Waals surface area contributed by atoms with E-state index in [4.69, 9.17) is 19.4 Å². The van der Waals surface area contributed by atoms with Crippen molar-refractivity contribution in [1.29, 1.82) is 0 Å². The summed E-state index contributed by atoms with van der Waals surface area (Å²) in [7, 11) is 0. The first-order valence-electron chi connectivity index (χ1n) is 15.7. The van der Waals surface area contributed by atoms with Crippen LogP contribution in [0, 0.1) is 0 Å². The molecule has 0 unspecified atom stereocenters. The predicted octanol–water partition coefficient (Wildman–Crippen LogP) is 10.9. The number of hydrogen-bond acceptors (Lipinski definition) is 5. The average molecular weight is 600 g/mol. The monoisotopic (exact) mass is 599 g/mol. The Kier molecular flexibility index (Phi) is 6.30. The van der Waals surface area contributed by atoms with Crippen LogP contribution in [-0.4, -0.2) is 15.0 Å². The summed E-state index contributed by atoms with van der Waals surface area (Å²) in [5.74, 6) is 2.04. The smallest absolute Gasteiger partial charge is 0.164 e. The molecule has 1 aliphatic carbocycles. The zero-order valence-electron chi connectivity index (χ0n) is 24.7. The SMILES string of the molecule is c1ccc(-c2nc(-c3ccccc3)nc(-c3cc(-c4ccc5oc6ccccc6c5c4)c4sc5c(c4c3)CCCCC5)n2)cc1. The fraction of sp³-hybridized carbons (Fsp3) is 0.125. The maximum atomic E-state index is 6.19. The van der Waals surface area contributed by atoms with Crippen molar-refractivity contribution in [2.45, 2.75) is 32.1 Å². The van der Waals surface area contributed by atoms with Crippen molar-refractivity contribution in [3.8, 4) is 45.3 Å². The first-order valence-corrected chi connectivity index (χ1v) is 16.5. The molecular formula is C40H29N3OS. The van der Waals surface area contributed by atoms with Gasteiger partial charge in [-0.3, -0.25) is 0 Å². The van der Waals surface area contributed by atoms with Crippen LogP contribution in [0.2, 0.25) is 0 Å². The molecule has 0 saturated carbocycles. The number of benzene rings is 5. The Balaban J connectivity index is 1.31. The van der Waals surface area contributed by atoms with Crippen LogP contribution in [0.25, 0.3) is 77.3 Å². The zero-order valence-corrected chi connectivity index (χ0v) is 25.5. The van der Waals surface area contributed by atoms with Gasteiger partial charge in [-0.05, 0) is 72.5 Å². The molecule has 216 valence electrons. The number of nitrogens with zero attached hydrogens (tertiary/aromatic N) is 3. The van der Waals surface area contributed by atoms with Crippen molar-refractivity contribution >= 4 is 43.4 Å². The molecule has 4 nitrogen and oxygen atoms in total. The molecule has 1 aliphatic rings. The van der Waals surface area contributed by atoms with Crippen molar-refractivity contribution in [3.63, 3.8) is 0 Å². The highest BCUT2D eigenvalue weighted by Gasteiger charge is 2.21. The summed E-state index contributed by atoms with van der Waals surface area (Å²) < 4.78 is 7.54. The molecule has 3 heterocycles. The Morgan fingerprint density at radius 3 is 1.87 bits per heavy atom. The number of furan rings is 1. The average Bonchev–Trinajstić information content (AvgIpc) is 3.56. The maximum absolute atomic E-state index is 6.19. The van der Waals surface area contributed by atoms with Crippen molar-refractivity contribution in [1.82, 2.24) is 15.0 Å². The maximum Gasteiger partial charge on any atom is 0.164 e. The summed E-state index contributed by atoms with van der Waals surface area (Å²) in [4.78, 5) is 16.7. The highest BCUT2D eigenvalue weighted by molar-refractivity contribution is 7.19. The van der Waals surface area contributed by atoms with Crippen LogP contribution < -0.4 is 0 Å². The lowest BCUT2D eigenvalue weighted by molar-refractivity contribution is 0.669. The molecule has 0 fully saturated rings. The van der Waals surface area contributed by atoms with Crippen LogP contribution in [0.4, 0.5) is 0 Å². The second-order valence-electron chi connectivity index (χ2n) is 11.8. The lowest BCUT2D eigenvalue weighted by Gasteiger charge is -2.12. The summed E-state index contributed by atoms with van der Waals surface area (Å²) in [5.41, 5.74) is 8.68. The standard InChI is InChI=1S/C40H29N3OS/c1-4-12-25(13-5-1)38-41-39(26-14-6-2-7-15-26)43-40(42-38)28-23-31(37-33(24-28)30-17-8-3-9-19-36(30)45-37)27-20-21-35-32(22-27)29-16-10-11-18-34(29)44-35/h1-2,4-7,10-16,18,20-24H,3,8-9,17,19H2. The molecule has 0 aliphatic heterocycles. The van der Waals surface area contributed by atoms with Gasteiger partial charge in [0.05, 0.1) is 0 Å². The third kappa shape index (κ3) is 4.63. The summed E-state index contributed by atoms with van der Waals surface area (Å²) in [6.07, 6.45) is 6.03. The number of thiophene rings is 1. The first-order chi connectivity index (χ1) is 22.3. The van der Waals surface area contributed by atoms with Crippen LogP contribution in [0.3, 0.4) is 0 Å². The minimum atomic E-state index is 0.677. The quantitative estimate of drug-likeness (QED) is 0.189. The Bertz CT molecular complexity index is 2300. The molecule has 3 aromatic heterocycles. The molecule has 0 radical (unpaired) electrons. The van der Waals surface area contributed by atoms with E-state index in [1.165, 1.54) is 50.9 Å². The second kappa shape index (κ2) is 10.8. The van der Waals surface area contributed by atoms with Crippen LogP contribution >= 0.6 is 11.3 Å². The Hall–Kier alpha value is -5.13. The van der Waals surface area contributed by atoms with Crippen molar-refractivity contribution in [2.75, 3.05) is 0 Å². The molecule has 5 heteroatoms. The second-order valence-corrected chi connectivity index (χ2v) is 12.9. The van der Waals surface area contributed by atoms with Gasteiger partial charge in [0.15, 0.2) is 17.5 Å². The molecular weight excluding hydrogens is 571 g/mol. The van der Waals surface area contributed by atoms with Gasteiger partial charge in [-0.25, -0.2) is 15.0 Å². The fourth-order valence-electron chi connectivity index (χ4n) is 6.71. The Morgan fingerprint density at radius 1 is 0.489 bits per heavy atom. The Labute approximate surface area is 265 Å². The topological polar surface area (TPSA) is 51.8 Å². The number of aryl methyl sites for hydroxylation is 2. The molecule has 0 spiro atoms. The third-order valence-electron chi connectivity index (χ3n) is 8.95. The van der Waals surface area contributed by atoms with Crippen molar-refractivity contribution in [3.05, 3.63) is 126 Å². The highest BCUT2D eigenvalue weighted by atomic mass is 32.1. The number of hydrogen-bond donors (Lipinski definition) is 0. The summed E-state index contributed by atoms with van der Waals surface area (Å²) in [6, 6.07) is 39.9. The molecule has 9 rings (SSSR count). The normalized spacial score (nSPS) is 13.3. The zero-order chi connectivity index (χ0) is 29.7. The molecule has 0 saturated heterocycles. The van der Waals surface area contributed by atoms with Gasteiger partial charge in [-0.2, -0.15) is 0 Å². The number of rotatable bonds is 4. The summed E-state index contributed by atoms with van der Waals surface area (Å²) >= 11 is 1.97. The third-order valence-corrected chi connectivity index (χ3v) is 10.3. The Morgan fingerprint density at radius 2 is 1.11 bits per heavy atom. The summed E-state index contributed by atoms with van der Waals surface area (Å²) in [6.45, 7) is 0. The van der Waals surface area contributed by atoms with E-state index in [-0.39, 0.29) is 0 Å². The fourth-order valence-corrected chi connectivity index (χ4v) is 8.12. The van der Waals surface area contributed by atoms with Gasteiger partial charge in [-0.15, -0.1) is 11.3 Å². The van der Waals surface area contributed by atoms with E-state index in [0.717, 1.165) is 51.5 Å². The van der Waals surface area contributed by atoms with Crippen LogP contribution in [0.1, 0.15) is 29.7 Å². The molecule has 0 bridgehead atoms. The van der Waals surface area contributed by atoms with Crippen LogP contribution in [-0.2, 0) is 12.8 Å². The van der Waals surface area contributed by atoms with E-state index >= 15 is 0 Å². The van der Waals surface area contributed by atoms with Crippen molar-refractivity contribution < 1.29 is 4.42 Å². The molecule has 0 atom stereocenters. The van der Waals surface area contributed by atoms with Crippen LogP contribution in [0.5, 0.6) is 0 Å². The molecule has 0 amide bonds. The first kappa shape index (κ1) is 26.3. The number of fused-ring (bicyclic) bond motifs is 6. The van der Waals surface area contributed by atoms with Gasteiger partial charge in [0.2, 0.25) is 0 Å². The van der Waals surface area contributed by atoms with Gasteiger partial charge in [-0.1, -0.05) is 91.3 Å². The van der Waals surface area contributed by atoms with Gasteiger partial charge in [0.25, 0.3) is 0 Å². The lowest BCUT2D eigenvalue weighted by atomic mass is 9.96. The minimum absolute atomic E-state index is 0.677. The van der Waals surface area contributed by atoms with E-state index in [2.05, 4.69) is 66.7 Å².